The highest BCUT2D eigenvalue weighted by atomic mass is 79.9. The van der Waals surface area contributed by atoms with Crippen LogP contribution in [0.4, 0.5) is 16.5 Å². The number of benzene rings is 3. The summed E-state index contributed by atoms with van der Waals surface area (Å²) in [6.45, 7) is 1.99. The lowest BCUT2D eigenvalue weighted by atomic mass is 10.1. The molecule has 4 aromatic rings. The molecule has 0 unspecified atom stereocenters. The van der Waals surface area contributed by atoms with Gasteiger partial charge in [-0.25, -0.2) is 4.98 Å². The number of anilines is 3. The Morgan fingerprint density at radius 3 is 2.55 bits per heavy atom. The Morgan fingerprint density at radius 1 is 1.00 bits per heavy atom. The molecule has 1 aromatic heterocycles. The average Bonchev–Trinajstić information content (AvgIpc) is 3.18. The van der Waals surface area contributed by atoms with Crippen LogP contribution in [0.2, 0.25) is 0 Å². The Labute approximate surface area is 184 Å². The molecule has 3 aromatic carbocycles. The molecule has 0 saturated carbocycles. The minimum absolute atomic E-state index is 0. The fourth-order valence-electron chi connectivity index (χ4n) is 3.09. The van der Waals surface area contributed by atoms with Crippen molar-refractivity contribution in [2.45, 2.75) is 19.8 Å². The first-order valence-corrected chi connectivity index (χ1v) is 10.2. The number of aromatic nitrogens is 1. The van der Waals surface area contributed by atoms with Crippen LogP contribution in [0.1, 0.15) is 19.8 Å². The van der Waals surface area contributed by atoms with E-state index < -0.39 is 0 Å². The molecular weight excluding hydrogens is 446 g/mol. The highest BCUT2D eigenvalue weighted by Crippen LogP contribution is 2.31. The molecule has 0 bridgehead atoms. The van der Waals surface area contributed by atoms with E-state index in [1.165, 1.54) is 10.8 Å². The highest BCUT2D eigenvalue weighted by Gasteiger charge is 2.08. The van der Waals surface area contributed by atoms with E-state index in [0.717, 1.165) is 34.2 Å². The maximum atomic E-state index is 11.7. The third-order valence-corrected chi connectivity index (χ3v) is 5.23. The number of carbonyl (C=O) groups excluding carboxylic acids is 1. The molecule has 29 heavy (non-hydrogen) atoms. The van der Waals surface area contributed by atoms with Crippen molar-refractivity contribution in [1.82, 2.24) is 4.98 Å². The van der Waals surface area contributed by atoms with Crippen LogP contribution in [0.15, 0.2) is 72.1 Å². The first-order chi connectivity index (χ1) is 13.7. The fourth-order valence-corrected chi connectivity index (χ4v) is 3.82. The molecule has 4 nitrogen and oxygen atoms in total. The van der Waals surface area contributed by atoms with Crippen LogP contribution in [-0.2, 0) is 4.79 Å². The second kappa shape index (κ2) is 9.67. The molecule has 6 heteroatoms. The van der Waals surface area contributed by atoms with E-state index in [1.54, 1.807) is 11.3 Å². The van der Waals surface area contributed by atoms with Gasteiger partial charge in [-0.05, 0) is 30.0 Å². The minimum Gasteiger partial charge on any atom is -0.331 e. The van der Waals surface area contributed by atoms with Gasteiger partial charge in [0.1, 0.15) is 0 Å². The maximum absolute atomic E-state index is 11.7. The van der Waals surface area contributed by atoms with Crippen LogP contribution in [0.5, 0.6) is 0 Å². The Hall–Kier alpha value is -2.70. The monoisotopic (exact) mass is 467 g/mol. The molecule has 0 aliphatic rings. The first kappa shape index (κ1) is 21.0. The molecular formula is C23H22BrN3OS. The highest BCUT2D eigenvalue weighted by molar-refractivity contribution is 8.93. The van der Waals surface area contributed by atoms with E-state index in [-0.39, 0.29) is 22.9 Å². The van der Waals surface area contributed by atoms with Crippen molar-refractivity contribution in [3.8, 4) is 11.3 Å². The molecule has 0 aliphatic heterocycles. The van der Waals surface area contributed by atoms with Gasteiger partial charge >= 0.3 is 0 Å². The van der Waals surface area contributed by atoms with E-state index in [4.69, 9.17) is 4.98 Å². The Balaban J connectivity index is 0.00000240. The summed E-state index contributed by atoms with van der Waals surface area (Å²) >= 11 is 1.58. The van der Waals surface area contributed by atoms with Crippen molar-refractivity contribution in [3.05, 3.63) is 72.1 Å². The van der Waals surface area contributed by atoms with Crippen LogP contribution in [-0.4, -0.2) is 10.9 Å². The first-order valence-electron chi connectivity index (χ1n) is 9.33. The molecule has 4 rings (SSSR count). The van der Waals surface area contributed by atoms with Gasteiger partial charge < -0.3 is 10.6 Å². The van der Waals surface area contributed by atoms with Crippen LogP contribution in [0.25, 0.3) is 22.0 Å². The predicted octanol–water partition coefficient (Wildman–Crippen LogP) is 7.02. The van der Waals surface area contributed by atoms with E-state index in [2.05, 4.69) is 34.9 Å². The SMILES string of the molecule is Br.CCCC(=O)Nc1ccc(-c2csc(Nc3cccc4ccccc34)n2)cc1. The zero-order chi connectivity index (χ0) is 19.3. The molecule has 0 radical (unpaired) electrons. The number of thiazole rings is 1. The van der Waals surface area contributed by atoms with Gasteiger partial charge in [-0.2, -0.15) is 0 Å². The van der Waals surface area contributed by atoms with Crippen molar-refractivity contribution in [3.63, 3.8) is 0 Å². The second-order valence-electron chi connectivity index (χ2n) is 6.57. The molecule has 0 spiro atoms. The Morgan fingerprint density at radius 2 is 1.76 bits per heavy atom. The molecule has 1 amide bonds. The lowest BCUT2D eigenvalue weighted by molar-refractivity contribution is -0.116. The van der Waals surface area contributed by atoms with Crippen molar-refractivity contribution >= 4 is 61.5 Å². The zero-order valence-electron chi connectivity index (χ0n) is 16.0. The number of nitrogens with one attached hydrogen (secondary N) is 2. The third-order valence-electron chi connectivity index (χ3n) is 4.48. The van der Waals surface area contributed by atoms with Crippen LogP contribution < -0.4 is 10.6 Å². The van der Waals surface area contributed by atoms with Crippen molar-refractivity contribution < 1.29 is 4.79 Å². The third kappa shape index (κ3) is 5.02. The van der Waals surface area contributed by atoms with Crippen LogP contribution in [0, 0.1) is 0 Å². The summed E-state index contributed by atoms with van der Waals surface area (Å²) in [4.78, 5) is 16.4. The second-order valence-corrected chi connectivity index (χ2v) is 7.42. The smallest absolute Gasteiger partial charge is 0.224 e. The lowest BCUT2D eigenvalue weighted by Gasteiger charge is -2.07. The Kier molecular flexibility index (Phi) is 7.01. The number of rotatable bonds is 6. The lowest BCUT2D eigenvalue weighted by Crippen LogP contribution is -2.10. The van der Waals surface area contributed by atoms with E-state index in [9.17, 15) is 4.79 Å². The predicted molar refractivity (Wildman–Crippen MR) is 129 cm³/mol. The number of hydrogen-bond acceptors (Lipinski definition) is 4. The van der Waals surface area contributed by atoms with Gasteiger partial charge in [0, 0.05) is 34.1 Å². The Bertz CT molecular complexity index is 1100. The molecule has 2 N–H and O–H groups in total. The van der Waals surface area contributed by atoms with Gasteiger partial charge in [-0.3, -0.25) is 4.79 Å². The quantitative estimate of drug-likeness (QED) is 0.320. The summed E-state index contributed by atoms with van der Waals surface area (Å²) in [7, 11) is 0. The molecule has 1 heterocycles. The maximum Gasteiger partial charge on any atom is 0.224 e. The van der Waals surface area contributed by atoms with Gasteiger partial charge in [0.15, 0.2) is 5.13 Å². The number of hydrogen-bond donors (Lipinski definition) is 2. The molecule has 148 valence electrons. The molecule has 0 aliphatic carbocycles. The number of fused-ring (bicyclic) bond motifs is 1. The summed E-state index contributed by atoms with van der Waals surface area (Å²) in [5.41, 5.74) is 3.80. The summed E-state index contributed by atoms with van der Waals surface area (Å²) < 4.78 is 0. The zero-order valence-corrected chi connectivity index (χ0v) is 18.5. The van der Waals surface area contributed by atoms with Gasteiger partial charge in [-0.1, -0.05) is 55.5 Å². The topological polar surface area (TPSA) is 54.0 Å². The van der Waals surface area contributed by atoms with Crippen molar-refractivity contribution in [2.75, 3.05) is 10.6 Å². The van der Waals surface area contributed by atoms with E-state index in [0.29, 0.717) is 6.42 Å². The summed E-state index contributed by atoms with van der Waals surface area (Å²) in [5.74, 6) is 0.0467. The molecule has 0 saturated heterocycles. The van der Waals surface area contributed by atoms with E-state index >= 15 is 0 Å². The number of carbonyl (C=O) groups is 1. The normalized spacial score (nSPS) is 10.4. The summed E-state index contributed by atoms with van der Waals surface area (Å²) in [5, 5.41) is 11.6. The van der Waals surface area contributed by atoms with Gasteiger partial charge in [0.2, 0.25) is 5.91 Å². The minimum atomic E-state index is 0. The molecule has 0 atom stereocenters. The number of nitrogens with zero attached hydrogens (tertiary/aromatic N) is 1. The van der Waals surface area contributed by atoms with Crippen molar-refractivity contribution in [1.29, 1.82) is 0 Å². The van der Waals surface area contributed by atoms with Gasteiger partial charge in [0.25, 0.3) is 0 Å². The largest absolute Gasteiger partial charge is 0.331 e. The average molecular weight is 468 g/mol. The van der Waals surface area contributed by atoms with Crippen LogP contribution >= 0.6 is 28.3 Å². The summed E-state index contributed by atoms with van der Waals surface area (Å²) in [6, 6.07) is 22.3. The summed E-state index contributed by atoms with van der Waals surface area (Å²) in [6.07, 6.45) is 1.38. The fraction of sp³-hybridized carbons (Fsp3) is 0.130. The number of halogens is 1. The van der Waals surface area contributed by atoms with Gasteiger partial charge in [-0.15, -0.1) is 28.3 Å². The number of amides is 1. The van der Waals surface area contributed by atoms with Gasteiger partial charge in [0.05, 0.1) is 5.69 Å². The van der Waals surface area contributed by atoms with E-state index in [1.807, 2.05) is 54.8 Å². The van der Waals surface area contributed by atoms with Crippen LogP contribution in [0.3, 0.4) is 0 Å². The van der Waals surface area contributed by atoms with Crippen molar-refractivity contribution in [2.24, 2.45) is 0 Å². The molecule has 0 fully saturated rings. The standard InChI is InChI=1S/C23H21N3OS.BrH/c1-2-6-22(27)24-18-13-11-17(12-14-18)21-15-28-23(26-21)25-20-10-5-8-16-7-3-4-9-19(16)20;/h3-5,7-15H,2,6H2,1H3,(H,24,27)(H,25,26);1H.